The molecule has 136 valence electrons. The monoisotopic (exact) mass is 354 g/mol. The van der Waals surface area contributed by atoms with E-state index in [-0.39, 0.29) is 16.9 Å². The van der Waals surface area contributed by atoms with Crippen molar-refractivity contribution in [2.24, 2.45) is 5.41 Å². The Labute approximate surface area is 152 Å². The molecule has 2 fully saturated rings. The highest BCUT2D eigenvalue weighted by molar-refractivity contribution is 5.96. The zero-order chi connectivity index (χ0) is 18.1. The van der Waals surface area contributed by atoms with Crippen LogP contribution in [-0.4, -0.2) is 47.0 Å². The van der Waals surface area contributed by atoms with Crippen molar-refractivity contribution in [3.05, 3.63) is 53.6 Å². The highest BCUT2D eigenvalue weighted by Gasteiger charge is 2.42. The molecule has 1 aromatic carbocycles. The molecular weight excluding hydrogens is 331 g/mol. The number of halogens is 1. The van der Waals surface area contributed by atoms with Crippen molar-refractivity contribution in [2.45, 2.75) is 26.2 Å². The third kappa shape index (κ3) is 3.04. The summed E-state index contributed by atoms with van der Waals surface area (Å²) in [5.74, 6) is 0.171. The van der Waals surface area contributed by atoms with Crippen LogP contribution in [0.25, 0.3) is 0 Å². The van der Waals surface area contributed by atoms with Crippen LogP contribution in [0, 0.1) is 18.2 Å². The van der Waals surface area contributed by atoms with Gasteiger partial charge in [0.15, 0.2) is 0 Å². The quantitative estimate of drug-likeness (QED) is 0.832. The van der Waals surface area contributed by atoms with Crippen LogP contribution in [0.1, 0.15) is 35.2 Å². The van der Waals surface area contributed by atoms with E-state index >= 15 is 0 Å². The number of benzene rings is 1. The fraction of sp³-hybridized carbons (Fsp3) is 0.450. The van der Waals surface area contributed by atoms with Gasteiger partial charge in [0.25, 0.3) is 5.91 Å². The number of aryl methyl sites for hydroxylation is 1. The lowest BCUT2D eigenvalue weighted by atomic mass is 9.77. The molecule has 0 saturated carbocycles. The second-order valence-corrected chi connectivity index (χ2v) is 7.44. The minimum atomic E-state index is -0.427. The lowest BCUT2D eigenvalue weighted by Crippen LogP contribution is -2.44. The summed E-state index contributed by atoms with van der Waals surface area (Å²) in [6.07, 6.45) is 6.51. The van der Waals surface area contributed by atoms with E-state index in [9.17, 15) is 9.18 Å². The number of nitrogens with zero attached hydrogens (tertiary/aromatic N) is 4. The maximum Gasteiger partial charge on any atom is 0.257 e. The van der Waals surface area contributed by atoms with Crippen molar-refractivity contribution in [1.29, 1.82) is 0 Å². The summed E-state index contributed by atoms with van der Waals surface area (Å²) in [5.41, 5.74) is 1.12. The van der Waals surface area contributed by atoms with Crippen molar-refractivity contribution < 1.29 is 9.18 Å². The number of hydrogen-bond donors (Lipinski definition) is 0. The summed E-state index contributed by atoms with van der Waals surface area (Å²) in [5, 5.41) is 0. The van der Waals surface area contributed by atoms with Gasteiger partial charge in [-0.2, -0.15) is 0 Å². The number of anilines is 1. The lowest BCUT2D eigenvalue weighted by Gasteiger charge is -2.39. The summed E-state index contributed by atoms with van der Waals surface area (Å²) < 4.78 is 14.1. The fourth-order valence-electron chi connectivity index (χ4n) is 4.21. The molecule has 2 aliphatic heterocycles. The van der Waals surface area contributed by atoms with E-state index < -0.39 is 5.82 Å². The SMILES string of the molecule is Cc1cccc(F)c1C(=O)N1CCC2(CC1)CCN(c1ncccn1)C2. The Morgan fingerprint density at radius 2 is 1.77 bits per heavy atom. The van der Waals surface area contributed by atoms with Crippen molar-refractivity contribution in [1.82, 2.24) is 14.9 Å². The third-order valence-electron chi connectivity index (χ3n) is 5.82. The molecule has 0 unspecified atom stereocenters. The van der Waals surface area contributed by atoms with Crippen molar-refractivity contribution >= 4 is 11.9 Å². The van der Waals surface area contributed by atoms with Gasteiger partial charge in [-0.25, -0.2) is 14.4 Å². The second kappa shape index (κ2) is 6.67. The number of hydrogen-bond acceptors (Lipinski definition) is 4. The first-order valence-electron chi connectivity index (χ1n) is 9.14. The molecule has 1 amide bonds. The van der Waals surface area contributed by atoms with Gasteiger partial charge in [0.2, 0.25) is 5.95 Å². The van der Waals surface area contributed by atoms with E-state index in [1.807, 2.05) is 6.07 Å². The van der Waals surface area contributed by atoms with Gasteiger partial charge in [-0.05, 0) is 49.3 Å². The minimum Gasteiger partial charge on any atom is -0.340 e. The van der Waals surface area contributed by atoms with Gasteiger partial charge < -0.3 is 9.80 Å². The van der Waals surface area contributed by atoms with Gasteiger partial charge in [0.1, 0.15) is 5.82 Å². The van der Waals surface area contributed by atoms with Gasteiger partial charge in [0, 0.05) is 38.6 Å². The molecule has 2 aromatic rings. The Morgan fingerprint density at radius 1 is 1.08 bits per heavy atom. The molecule has 0 radical (unpaired) electrons. The first-order chi connectivity index (χ1) is 12.6. The molecule has 26 heavy (non-hydrogen) atoms. The number of carbonyl (C=O) groups excluding carboxylic acids is 1. The number of rotatable bonds is 2. The van der Waals surface area contributed by atoms with Crippen LogP contribution >= 0.6 is 0 Å². The van der Waals surface area contributed by atoms with Crippen molar-refractivity contribution in [2.75, 3.05) is 31.1 Å². The van der Waals surface area contributed by atoms with Crippen LogP contribution in [0.5, 0.6) is 0 Å². The average molecular weight is 354 g/mol. The number of carbonyl (C=O) groups is 1. The molecule has 0 N–H and O–H groups in total. The van der Waals surface area contributed by atoms with Crippen LogP contribution in [-0.2, 0) is 0 Å². The smallest absolute Gasteiger partial charge is 0.257 e. The lowest BCUT2D eigenvalue weighted by molar-refractivity contribution is 0.0605. The summed E-state index contributed by atoms with van der Waals surface area (Å²) in [6, 6.07) is 6.62. The topological polar surface area (TPSA) is 49.3 Å². The zero-order valence-electron chi connectivity index (χ0n) is 15.0. The highest BCUT2D eigenvalue weighted by atomic mass is 19.1. The average Bonchev–Trinajstić information content (AvgIpc) is 3.06. The molecule has 1 spiro atoms. The maximum absolute atomic E-state index is 14.1. The first kappa shape index (κ1) is 16.9. The van der Waals surface area contributed by atoms with Gasteiger partial charge in [-0.1, -0.05) is 12.1 Å². The Morgan fingerprint density at radius 3 is 2.46 bits per heavy atom. The zero-order valence-corrected chi connectivity index (χ0v) is 15.0. The molecule has 5 nitrogen and oxygen atoms in total. The highest BCUT2D eigenvalue weighted by Crippen LogP contribution is 2.41. The van der Waals surface area contributed by atoms with E-state index in [4.69, 9.17) is 0 Å². The summed E-state index contributed by atoms with van der Waals surface area (Å²) >= 11 is 0. The van der Waals surface area contributed by atoms with E-state index in [2.05, 4.69) is 14.9 Å². The van der Waals surface area contributed by atoms with Crippen LogP contribution < -0.4 is 4.90 Å². The fourth-order valence-corrected chi connectivity index (χ4v) is 4.21. The van der Waals surface area contributed by atoms with E-state index in [0.717, 1.165) is 38.3 Å². The number of amides is 1. The predicted octanol–water partition coefficient (Wildman–Crippen LogP) is 3.06. The van der Waals surface area contributed by atoms with Gasteiger partial charge in [0.05, 0.1) is 5.56 Å². The Bertz CT molecular complexity index is 782. The number of likely N-dealkylation sites (tertiary alicyclic amines) is 1. The maximum atomic E-state index is 14.1. The molecular formula is C20H23FN4O. The van der Waals surface area contributed by atoms with Crippen LogP contribution in [0.3, 0.4) is 0 Å². The first-order valence-corrected chi connectivity index (χ1v) is 9.14. The standard InChI is InChI=1S/C20H23FN4O/c1-15-4-2-5-16(21)17(15)18(26)24-11-6-20(7-12-24)8-13-25(14-20)19-22-9-3-10-23-19/h2-5,9-10H,6-8,11-14H2,1H3. The van der Waals surface area contributed by atoms with Gasteiger partial charge in [-0.3, -0.25) is 4.79 Å². The molecule has 3 heterocycles. The molecule has 0 aliphatic carbocycles. The van der Waals surface area contributed by atoms with Crippen LogP contribution in [0.2, 0.25) is 0 Å². The van der Waals surface area contributed by atoms with E-state index in [1.54, 1.807) is 36.4 Å². The van der Waals surface area contributed by atoms with Crippen molar-refractivity contribution in [3.63, 3.8) is 0 Å². The summed E-state index contributed by atoms with van der Waals surface area (Å²) in [7, 11) is 0. The third-order valence-corrected chi connectivity index (χ3v) is 5.82. The Kier molecular flexibility index (Phi) is 4.34. The second-order valence-electron chi connectivity index (χ2n) is 7.44. The Hall–Kier alpha value is -2.50. The van der Waals surface area contributed by atoms with Crippen molar-refractivity contribution in [3.8, 4) is 0 Å². The summed E-state index contributed by atoms with van der Waals surface area (Å²) in [4.78, 5) is 25.5. The predicted molar refractivity (Wildman–Crippen MR) is 97.6 cm³/mol. The normalized spacial score (nSPS) is 19.2. The van der Waals surface area contributed by atoms with Crippen LogP contribution in [0.4, 0.5) is 10.3 Å². The van der Waals surface area contributed by atoms with Crippen LogP contribution in [0.15, 0.2) is 36.7 Å². The Balaban J connectivity index is 1.42. The van der Waals surface area contributed by atoms with E-state index in [1.165, 1.54) is 6.07 Å². The molecule has 0 bridgehead atoms. The minimum absolute atomic E-state index is 0.184. The largest absolute Gasteiger partial charge is 0.340 e. The molecule has 0 atom stereocenters. The number of piperidine rings is 1. The summed E-state index contributed by atoms with van der Waals surface area (Å²) in [6.45, 7) is 5.02. The molecule has 1 aromatic heterocycles. The molecule has 6 heteroatoms. The van der Waals surface area contributed by atoms with Gasteiger partial charge >= 0.3 is 0 Å². The molecule has 4 rings (SSSR count). The van der Waals surface area contributed by atoms with Gasteiger partial charge in [-0.15, -0.1) is 0 Å². The molecule has 2 aliphatic rings. The number of aromatic nitrogens is 2. The van der Waals surface area contributed by atoms with E-state index in [0.29, 0.717) is 18.7 Å². The molecule has 2 saturated heterocycles.